The Hall–Kier alpha value is -2.68. The topological polar surface area (TPSA) is 54.4 Å². The van der Waals surface area contributed by atoms with Crippen LogP contribution in [0.15, 0.2) is 48.5 Å². The maximum absolute atomic E-state index is 12.1. The van der Waals surface area contributed by atoms with Crippen molar-refractivity contribution in [1.82, 2.24) is 0 Å². The van der Waals surface area contributed by atoms with Gasteiger partial charge in [0.05, 0.1) is 0 Å². The molecule has 1 aliphatic rings. The first-order valence-electron chi connectivity index (χ1n) is 6.82. The summed E-state index contributed by atoms with van der Waals surface area (Å²) in [6.07, 6.45) is 4.04. The first-order valence-corrected chi connectivity index (χ1v) is 6.82. The summed E-state index contributed by atoms with van der Waals surface area (Å²) in [6, 6.07) is 13.5. The SMILES string of the molecule is O=C(O)/C=C/c1cccc(-c2cccc3c2C(=O)CC3)c1. The molecular formula is C18H14O3. The van der Waals surface area contributed by atoms with Gasteiger partial charge in [-0.15, -0.1) is 0 Å². The van der Waals surface area contributed by atoms with E-state index in [0.29, 0.717) is 6.42 Å². The Balaban J connectivity index is 2.06. The van der Waals surface area contributed by atoms with Crippen LogP contribution in [0.25, 0.3) is 17.2 Å². The number of carbonyl (C=O) groups excluding carboxylic acids is 1. The van der Waals surface area contributed by atoms with Crippen molar-refractivity contribution in [1.29, 1.82) is 0 Å². The van der Waals surface area contributed by atoms with Crippen molar-refractivity contribution >= 4 is 17.8 Å². The number of fused-ring (bicyclic) bond motifs is 1. The third-order valence-corrected chi connectivity index (χ3v) is 3.67. The number of hydrogen-bond donors (Lipinski definition) is 1. The van der Waals surface area contributed by atoms with Crippen LogP contribution in [0, 0.1) is 0 Å². The summed E-state index contributed by atoms with van der Waals surface area (Å²) in [7, 11) is 0. The Labute approximate surface area is 122 Å². The van der Waals surface area contributed by atoms with Crippen molar-refractivity contribution < 1.29 is 14.7 Å². The molecule has 0 bridgehead atoms. The zero-order valence-electron chi connectivity index (χ0n) is 11.4. The standard InChI is InChI=1S/C18H14O3/c19-16-9-8-13-4-2-6-15(18(13)16)14-5-1-3-12(11-14)7-10-17(20)21/h1-7,10-11H,8-9H2,(H,20,21)/b10-7+. The number of carboxylic acids is 1. The molecule has 0 radical (unpaired) electrons. The molecule has 2 aromatic rings. The normalized spacial score (nSPS) is 13.6. The molecule has 0 saturated carbocycles. The maximum atomic E-state index is 12.1. The highest BCUT2D eigenvalue weighted by Crippen LogP contribution is 2.32. The Bertz CT molecular complexity index is 757. The van der Waals surface area contributed by atoms with Crippen molar-refractivity contribution in [3.8, 4) is 11.1 Å². The highest BCUT2D eigenvalue weighted by atomic mass is 16.4. The minimum Gasteiger partial charge on any atom is -0.478 e. The second-order valence-electron chi connectivity index (χ2n) is 5.06. The van der Waals surface area contributed by atoms with E-state index in [1.165, 1.54) is 0 Å². The van der Waals surface area contributed by atoms with Gasteiger partial charge in [-0.3, -0.25) is 4.79 Å². The molecule has 0 saturated heterocycles. The second kappa shape index (κ2) is 5.37. The molecule has 2 aromatic carbocycles. The van der Waals surface area contributed by atoms with E-state index in [2.05, 4.69) is 0 Å². The molecule has 0 aromatic heterocycles. The van der Waals surface area contributed by atoms with Gasteiger partial charge < -0.3 is 5.11 Å². The molecule has 0 unspecified atom stereocenters. The molecular weight excluding hydrogens is 264 g/mol. The van der Waals surface area contributed by atoms with Gasteiger partial charge in [0.2, 0.25) is 0 Å². The number of carboxylic acid groups (broad SMARTS) is 1. The van der Waals surface area contributed by atoms with Gasteiger partial charge in [0.1, 0.15) is 0 Å². The van der Waals surface area contributed by atoms with Crippen LogP contribution < -0.4 is 0 Å². The molecule has 1 N–H and O–H groups in total. The van der Waals surface area contributed by atoms with Crippen LogP contribution >= 0.6 is 0 Å². The van der Waals surface area contributed by atoms with Crippen molar-refractivity contribution in [2.75, 3.05) is 0 Å². The van der Waals surface area contributed by atoms with E-state index >= 15 is 0 Å². The molecule has 21 heavy (non-hydrogen) atoms. The van der Waals surface area contributed by atoms with Crippen LogP contribution in [0.5, 0.6) is 0 Å². The zero-order valence-corrected chi connectivity index (χ0v) is 11.4. The molecule has 3 rings (SSSR count). The molecule has 3 nitrogen and oxygen atoms in total. The molecule has 0 aliphatic heterocycles. The highest BCUT2D eigenvalue weighted by Gasteiger charge is 2.22. The Morgan fingerprint density at radius 1 is 1.10 bits per heavy atom. The largest absolute Gasteiger partial charge is 0.478 e. The maximum Gasteiger partial charge on any atom is 0.328 e. The van der Waals surface area contributed by atoms with Gasteiger partial charge in [-0.2, -0.15) is 0 Å². The summed E-state index contributed by atoms with van der Waals surface area (Å²) < 4.78 is 0. The third-order valence-electron chi connectivity index (χ3n) is 3.67. The summed E-state index contributed by atoms with van der Waals surface area (Å²) in [4.78, 5) is 22.7. The van der Waals surface area contributed by atoms with Crippen molar-refractivity contribution in [3.63, 3.8) is 0 Å². The fourth-order valence-electron chi connectivity index (χ4n) is 2.73. The molecule has 1 aliphatic carbocycles. The lowest BCUT2D eigenvalue weighted by Gasteiger charge is -2.08. The van der Waals surface area contributed by atoms with Gasteiger partial charge in [-0.1, -0.05) is 36.4 Å². The van der Waals surface area contributed by atoms with Crippen LogP contribution in [-0.4, -0.2) is 16.9 Å². The fourth-order valence-corrected chi connectivity index (χ4v) is 2.73. The van der Waals surface area contributed by atoms with E-state index in [4.69, 9.17) is 5.11 Å². The Kier molecular flexibility index (Phi) is 3.40. The predicted molar refractivity (Wildman–Crippen MR) is 81.2 cm³/mol. The van der Waals surface area contributed by atoms with Crippen molar-refractivity contribution in [3.05, 3.63) is 65.2 Å². The van der Waals surface area contributed by atoms with Gasteiger partial charge in [0.25, 0.3) is 0 Å². The van der Waals surface area contributed by atoms with Crippen LogP contribution in [-0.2, 0) is 11.2 Å². The first-order chi connectivity index (χ1) is 10.1. The van der Waals surface area contributed by atoms with Crippen LogP contribution in [0.3, 0.4) is 0 Å². The molecule has 0 fully saturated rings. The summed E-state index contributed by atoms with van der Waals surface area (Å²) in [5.74, 6) is -0.789. The average molecular weight is 278 g/mol. The van der Waals surface area contributed by atoms with Gasteiger partial charge in [-0.25, -0.2) is 4.79 Å². The highest BCUT2D eigenvalue weighted by molar-refractivity contribution is 6.06. The van der Waals surface area contributed by atoms with Crippen LogP contribution in [0.2, 0.25) is 0 Å². The van der Waals surface area contributed by atoms with E-state index in [1.807, 2.05) is 42.5 Å². The van der Waals surface area contributed by atoms with Crippen LogP contribution in [0.1, 0.15) is 27.9 Å². The van der Waals surface area contributed by atoms with Gasteiger partial charge >= 0.3 is 5.97 Å². The van der Waals surface area contributed by atoms with Crippen molar-refractivity contribution in [2.45, 2.75) is 12.8 Å². The lowest BCUT2D eigenvalue weighted by Crippen LogP contribution is -1.95. The van der Waals surface area contributed by atoms with E-state index in [-0.39, 0.29) is 5.78 Å². The molecule has 0 amide bonds. The van der Waals surface area contributed by atoms with E-state index in [1.54, 1.807) is 6.08 Å². The van der Waals surface area contributed by atoms with E-state index in [0.717, 1.165) is 40.3 Å². The monoisotopic (exact) mass is 278 g/mol. The third kappa shape index (κ3) is 2.63. The summed E-state index contributed by atoms with van der Waals surface area (Å²) in [5, 5.41) is 8.69. The summed E-state index contributed by atoms with van der Waals surface area (Å²) in [6.45, 7) is 0. The van der Waals surface area contributed by atoms with Gasteiger partial charge in [0, 0.05) is 18.1 Å². The minimum absolute atomic E-state index is 0.187. The number of Topliss-reactive ketones (excluding diaryl/α,β-unsaturated/α-hetero) is 1. The number of carbonyl (C=O) groups is 2. The summed E-state index contributed by atoms with van der Waals surface area (Å²) >= 11 is 0. The van der Waals surface area contributed by atoms with Gasteiger partial charge in [-0.05, 0) is 40.8 Å². The molecule has 0 spiro atoms. The molecule has 0 heterocycles. The molecule has 104 valence electrons. The Morgan fingerprint density at radius 3 is 2.71 bits per heavy atom. The lowest BCUT2D eigenvalue weighted by molar-refractivity contribution is -0.131. The van der Waals surface area contributed by atoms with Crippen molar-refractivity contribution in [2.24, 2.45) is 0 Å². The summed E-state index contributed by atoms with van der Waals surface area (Å²) in [5.41, 5.74) is 4.59. The number of benzene rings is 2. The number of hydrogen-bond acceptors (Lipinski definition) is 2. The molecule has 0 atom stereocenters. The number of aliphatic carboxylic acids is 1. The van der Waals surface area contributed by atoms with E-state index < -0.39 is 5.97 Å². The number of ketones is 1. The van der Waals surface area contributed by atoms with E-state index in [9.17, 15) is 9.59 Å². The average Bonchev–Trinajstić information content (AvgIpc) is 2.87. The lowest BCUT2D eigenvalue weighted by atomic mass is 9.95. The van der Waals surface area contributed by atoms with Gasteiger partial charge in [0.15, 0.2) is 5.78 Å². The first kappa shape index (κ1) is 13.3. The molecule has 3 heteroatoms. The van der Waals surface area contributed by atoms with Crippen LogP contribution in [0.4, 0.5) is 0 Å². The Morgan fingerprint density at radius 2 is 1.90 bits per heavy atom. The zero-order chi connectivity index (χ0) is 14.8. The quantitative estimate of drug-likeness (QED) is 0.873. The minimum atomic E-state index is -0.976. The number of aryl methyl sites for hydroxylation is 1. The second-order valence-corrected chi connectivity index (χ2v) is 5.06. The predicted octanol–water partition coefficient (Wildman–Crippen LogP) is 3.58. The fraction of sp³-hybridized carbons (Fsp3) is 0.111. The smallest absolute Gasteiger partial charge is 0.328 e. The number of rotatable bonds is 3.